The maximum absolute atomic E-state index is 10.5. The highest BCUT2D eigenvalue weighted by atomic mass is 35.5. The summed E-state index contributed by atoms with van der Waals surface area (Å²) in [6.45, 7) is 0.182. The Morgan fingerprint density at radius 2 is 1.94 bits per heavy atom. The highest BCUT2D eigenvalue weighted by Crippen LogP contribution is 2.25. The van der Waals surface area contributed by atoms with Crippen LogP contribution in [0.15, 0.2) is 18.2 Å². The third-order valence-electron chi connectivity index (χ3n) is 2.19. The summed E-state index contributed by atoms with van der Waals surface area (Å²) in [4.78, 5) is 10.5. The van der Waals surface area contributed by atoms with E-state index in [1.165, 1.54) is 4.68 Å². The second kappa shape index (κ2) is 5.32. The summed E-state index contributed by atoms with van der Waals surface area (Å²) in [5.74, 6) is -0.485. The van der Waals surface area contributed by atoms with Crippen LogP contribution in [-0.2, 0) is 11.3 Å². The molecule has 0 aliphatic carbocycles. The summed E-state index contributed by atoms with van der Waals surface area (Å²) in [5, 5.41) is 20.7. The van der Waals surface area contributed by atoms with Gasteiger partial charge in [-0.1, -0.05) is 23.2 Å². The van der Waals surface area contributed by atoms with Gasteiger partial charge in [-0.25, -0.2) is 4.68 Å². The van der Waals surface area contributed by atoms with Gasteiger partial charge in [0.15, 0.2) is 5.82 Å². The van der Waals surface area contributed by atoms with Crippen molar-refractivity contribution in [2.75, 3.05) is 0 Å². The summed E-state index contributed by atoms with van der Waals surface area (Å²) in [7, 11) is 0. The smallest absolute Gasteiger partial charge is 0.305 e. The van der Waals surface area contributed by atoms with E-state index in [-0.39, 0.29) is 13.0 Å². The van der Waals surface area contributed by atoms with Gasteiger partial charge in [0.1, 0.15) is 0 Å². The molecule has 0 spiro atoms. The van der Waals surface area contributed by atoms with Crippen LogP contribution in [0.2, 0.25) is 10.0 Å². The molecule has 1 heterocycles. The van der Waals surface area contributed by atoms with Gasteiger partial charge < -0.3 is 5.11 Å². The van der Waals surface area contributed by atoms with Gasteiger partial charge in [-0.05, 0) is 28.6 Å². The molecule has 0 radical (unpaired) electrons. The van der Waals surface area contributed by atoms with E-state index in [2.05, 4.69) is 15.5 Å². The topological polar surface area (TPSA) is 80.9 Å². The van der Waals surface area contributed by atoms with Crippen LogP contribution in [0.3, 0.4) is 0 Å². The lowest BCUT2D eigenvalue weighted by atomic mass is 10.2. The summed E-state index contributed by atoms with van der Waals surface area (Å²) < 4.78 is 1.40. The SMILES string of the molecule is O=C(O)CCn1nnnc1-c1cc(Cl)cc(Cl)c1. The lowest BCUT2D eigenvalue weighted by molar-refractivity contribution is -0.137. The molecule has 1 aromatic heterocycles. The first-order valence-corrected chi connectivity index (χ1v) is 5.76. The highest BCUT2D eigenvalue weighted by molar-refractivity contribution is 6.35. The van der Waals surface area contributed by atoms with Gasteiger partial charge in [0, 0.05) is 15.6 Å². The Bertz CT molecular complexity index is 565. The van der Waals surface area contributed by atoms with E-state index in [4.69, 9.17) is 28.3 Å². The summed E-state index contributed by atoms with van der Waals surface area (Å²) in [5.41, 5.74) is 0.642. The number of aliphatic carboxylic acids is 1. The van der Waals surface area contributed by atoms with Gasteiger partial charge in [-0.3, -0.25) is 4.79 Å². The number of rotatable bonds is 4. The number of halogens is 2. The van der Waals surface area contributed by atoms with Crippen LogP contribution in [-0.4, -0.2) is 31.3 Å². The van der Waals surface area contributed by atoms with E-state index >= 15 is 0 Å². The Kier molecular flexibility index (Phi) is 3.78. The van der Waals surface area contributed by atoms with E-state index in [0.717, 1.165) is 0 Å². The van der Waals surface area contributed by atoms with E-state index in [0.29, 0.717) is 21.4 Å². The molecule has 0 amide bonds. The normalized spacial score (nSPS) is 10.6. The fourth-order valence-corrected chi connectivity index (χ4v) is 1.97. The fourth-order valence-electron chi connectivity index (χ4n) is 1.45. The summed E-state index contributed by atoms with van der Waals surface area (Å²) >= 11 is 11.8. The van der Waals surface area contributed by atoms with Crippen molar-refractivity contribution in [1.29, 1.82) is 0 Å². The zero-order valence-corrected chi connectivity index (χ0v) is 10.6. The van der Waals surface area contributed by atoms with E-state index in [1.807, 2.05) is 0 Å². The molecule has 0 atom stereocenters. The third-order valence-corrected chi connectivity index (χ3v) is 2.63. The number of carboxylic acids is 1. The van der Waals surface area contributed by atoms with Crippen molar-refractivity contribution in [3.8, 4) is 11.4 Å². The Hall–Kier alpha value is -1.66. The molecule has 1 N–H and O–H groups in total. The summed E-state index contributed by atoms with van der Waals surface area (Å²) in [6.07, 6.45) is -0.0632. The second-order valence-corrected chi connectivity index (χ2v) is 4.40. The zero-order chi connectivity index (χ0) is 13.1. The Labute approximate surface area is 112 Å². The van der Waals surface area contributed by atoms with Crippen LogP contribution in [0.5, 0.6) is 0 Å². The number of tetrazole rings is 1. The minimum Gasteiger partial charge on any atom is -0.481 e. The van der Waals surface area contributed by atoms with Gasteiger partial charge >= 0.3 is 5.97 Å². The predicted octanol–water partition coefficient (Wildman–Crippen LogP) is 2.12. The van der Waals surface area contributed by atoms with Gasteiger partial charge in [-0.15, -0.1) is 5.10 Å². The molecule has 94 valence electrons. The number of carbonyl (C=O) groups is 1. The first-order chi connectivity index (χ1) is 8.56. The number of benzene rings is 1. The Morgan fingerprint density at radius 3 is 2.56 bits per heavy atom. The molecule has 8 heteroatoms. The molecule has 0 saturated carbocycles. The predicted molar refractivity (Wildman–Crippen MR) is 65.5 cm³/mol. The number of carboxylic acid groups (broad SMARTS) is 1. The molecule has 0 saturated heterocycles. The highest BCUT2D eigenvalue weighted by Gasteiger charge is 2.11. The van der Waals surface area contributed by atoms with Crippen LogP contribution in [0.1, 0.15) is 6.42 Å². The zero-order valence-electron chi connectivity index (χ0n) is 9.05. The van der Waals surface area contributed by atoms with Gasteiger partial charge in [-0.2, -0.15) is 0 Å². The largest absolute Gasteiger partial charge is 0.481 e. The van der Waals surface area contributed by atoms with E-state index in [9.17, 15) is 4.79 Å². The molecule has 0 aliphatic heterocycles. The maximum atomic E-state index is 10.5. The lowest BCUT2D eigenvalue weighted by Crippen LogP contribution is -2.07. The number of aryl methyl sites for hydroxylation is 1. The van der Waals surface area contributed by atoms with Crippen LogP contribution >= 0.6 is 23.2 Å². The minimum atomic E-state index is -0.916. The molecule has 2 rings (SSSR count). The summed E-state index contributed by atoms with van der Waals surface area (Å²) in [6, 6.07) is 4.92. The van der Waals surface area contributed by atoms with Crippen molar-refractivity contribution >= 4 is 29.2 Å². The number of hydrogen-bond acceptors (Lipinski definition) is 4. The van der Waals surface area contributed by atoms with Crippen molar-refractivity contribution in [2.24, 2.45) is 0 Å². The molecule has 0 fully saturated rings. The van der Waals surface area contributed by atoms with Crippen LogP contribution in [0.25, 0.3) is 11.4 Å². The lowest BCUT2D eigenvalue weighted by Gasteiger charge is -2.04. The number of nitrogens with zero attached hydrogens (tertiary/aromatic N) is 4. The van der Waals surface area contributed by atoms with Crippen LogP contribution in [0.4, 0.5) is 0 Å². The fraction of sp³-hybridized carbons (Fsp3) is 0.200. The van der Waals surface area contributed by atoms with Crippen molar-refractivity contribution in [3.63, 3.8) is 0 Å². The molecule has 1 aromatic carbocycles. The minimum absolute atomic E-state index is 0.0632. The molecular formula is C10H8Cl2N4O2. The first kappa shape index (κ1) is 12.8. The van der Waals surface area contributed by atoms with Crippen molar-refractivity contribution in [3.05, 3.63) is 28.2 Å². The Morgan fingerprint density at radius 1 is 1.28 bits per heavy atom. The third kappa shape index (κ3) is 2.96. The standard InChI is InChI=1S/C10H8Cl2N4O2/c11-7-3-6(4-8(12)5-7)10-13-14-15-16(10)2-1-9(17)18/h3-5H,1-2H2,(H,17,18). The average Bonchev–Trinajstić information content (AvgIpc) is 2.72. The molecule has 18 heavy (non-hydrogen) atoms. The molecule has 2 aromatic rings. The van der Waals surface area contributed by atoms with Gasteiger partial charge in [0.05, 0.1) is 13.0 Å². The molecular weight excluding hydrogens is 279 g/mol. The number of aromatic nitrogens is 4. The quantitative estimate of drug-likeness (QED) is 0.931. The second-order valence-electron chi connectivity index (χ2n) is 3.53. The van der Waals surface area contributed by atoms with E-state index < -0.39 is 5.97 Å². The van der Waals surface area contributed by atoms with Crippen LogP contribution < -0.4 is 0 Å². The monoisotopic (exact) mass is 286 g/mol. The van der Waals surface area contributed by atoms with Crippen molar-refractivity contribution < 1.29 is 9.90 Å². The van der Waals surface area contributed by atoms with Gasteiger partial charge in [0.25, 0.3) is 0 Å². The molecule has 6 nitrogen and oxygen atoms in total. The number of hydrogen-bond donors (Lipinski definition) is 1. The molecule has 0 bridgehead atoms. The molecule has 0 unspecified atom stereocenters. The molecule has 0 aliphatic rings. The van der Waals surface area contributed by atoms with E-state index in [1.54, 1.807) is 18.2 Å². The first-order valence-electron chi connectivity index (χ1n) is 5.00. The van der Waals surface area contributed by atoms with Crippen LogP contribution in [0, 0.1) is 0 Å². The van der Waals surface area contributed by atoms with Crippen molar-refractivity contribution in [2.45, 2.75) is 13.0 Å². The van der Waals surface area contributed by atoms with Gasteiger partial charge in [0.2, 0.25) is 0 Å². The average molecular weight is 287 g/mol. The maximum Gasteiger partial charge on any atom is 0.305 e. The Balaban J connectivity index is 2.33. The van der Waals surface area contributed by atoms with Crippen molar-refractivity contribution in [1.82, 2.24) is 20.2 Å².